The number of para-hydroxylation sites is 1. The van der Waals surface area contributed by atoms with Crippen molar-refractivity contribution in [2.75, 3.05) is 0 Å². The Kier molecular flexibility index (Phi) is 6.08. The predicted octanol–water partition coefficient (Wildman–Crippen LogP) is 6.56. The molecular weight excluding hydrogens is 480 g/mol. The van der Waals surface area contributed by atoms with E-state index in [1.54, 1.807) is 0 Å². The molecule has 0 radical (unpaired) electrons. The van der Waals surface area contributed by atoms with E-state index in [4.69, 9.17) is 17.2 Å². The Morgan fingerprint density at radius 1 is 1.03 bits per heavy atom. The molecule has 32 heavy (non-hydrogen) atoms. The van der Waals surface area contributed by atoms with Gasteiger partial charge in [-0.3, -0.25) is 4.98 Å². The number of halogens is 1. The van der Waals surface area contributed by atoms with Gasteiger partial charge in [0, 0.05) is 28.1 Å². The van der Waals surface area contributed by atoms with E-state index in [9.17, 15) is 0 Å². The lowest BCUT2D eigenvalue weighted by Gasteiger charge is -2.37. The molecule has 2 atom stereocenters. The first kappa shape index (κ1) is 21.7. The van der Waals surface area contributed by atoms with Crippen LogP contribution in [0, 0.1) is 13.8 Å². The molecule has 6 heteroatoms. The van der Waals surface area contributed by atoms with Crippen LogP contribution in [0.5, 0.6) is 0 Å². The van der Waals surface area contributed by atoms with Crippen LogP contribution in [0.4, 0.5) is 0 Å². The summed E-state index contributed by atoms with van der Waals surface area (Å²) in [5.74, 6) is 0. The highest BCUT2D eigenvalue weighted by Gasteiger charge is 2.44. The first-order chi connectivity index (χ1) is 15.6. The topological polar surface area (TPSA) is 33.1 Å². The van der Waals surface area contributed by atoms with Crippen molar-refractivity contribution in [3.8, 4) is 5.69 Å². The van der Waals surface area contributed by atoms with Crippen LogP contribution >= 0.6 is 28.1 Å². The summed E-state index contributed by atoms with van der Waals surface area (Å²) in [7, 11) is 0. The first-order valence-corrected chi connectivity index (χ1v) is 12.7. The van der Waals surface area contributed by atoms with Crippen LogP contribution in [-0.4, -0.2) is 25.6 Å². The molecule has 2 aromatic heterocycles. The standard InChI is InChI=1S/C26H29BrN4S/c1-17-16-20(18(2)30(17)23-14-7-6-12-21(23)27)25-24(22-13-8-9-15-28-22)29-26(32)31(25)19-10-4-3-5-11-19/h6-9,12-16,19,24-25H,3-5,10-11H2,1-2H3,(H,29,32)/t24-,25-/m1/s1. The molecule has 1 N–H and O–H groups in total. The Hall–Kier alpha value is -2.18. The molecule has 3 heterocycles. The maximum Gasteiger partial charge on any atom is 0.170 e. The Labute approximate surface area is 204 Å². The number of rotatable bonds is 4. The number of aromatic nitrogens is 2. The van der Waals surface area contributed by atoms with Gasteiger partial charge in [-0.2, -0.15) is 0 Å². The summed E-state index contributed by atoms with van der Waals surface area (Å²) in [4.78, 5) is 7.22. The van der Waals surface area contributed by atoms with Crippen molar-refractivity contribution in [2.45, 2.75) is 64.1 Å². The highest BCUT2D eigenvalue weighted by Crippen LogP contribution is 2.44. The van der Waals surface area contributed by atoms with Crippen LogP contribution in [0.2, 0.25) is 0 Å². The minimum Gasteiger partial charge on any atom is -0.352 e. The predicted molar refractivity (Wildman–Crippen MR) is 137 cm³/mol. The van der Waals surface area contributed by atoms with Crippen molar-refractivity contribution in [3.63, 3.8) is 0 Å². The van der Waals surface area contributed by atoms with Crippen LogP contribution in [-0.2, 0) is 0 Å². The van der Waals surface area contributed by atoms with Gasteiger partial charge >= 0.3 is 0 Å². The number of nitrogens with zero attached hydrogens (tertiary/aromatic N) is 3. The van der Waals surface area contributed by atoms with Crippen LogP contribution < -0.4 is 5.32 Å². The van der Waals surface area contributed by atoms with Gasteiger partial charge < -0.3 is 14.8 Å². The summed E-state index contributed by atoms with van der Waals surface area (Å²) in [6.45, 7) is 4.43. The minimum atomic E-state index is 0.0405. The van der Waals surface area contributed by atoms with E-state index in [1.807, 2.05) is 12.3 Å². The van der Waals surface area contributed by atoms with Crippen LogP contribution in [0.1, 0.15) is 66.8 Å². The third-order valence-corrected chi connectivity index (χ3v) is 7.98. The molecule has 166 valence electrons. The Morgan fingerprint density at radius 3 is 2.50 bits per heavy atom. The lowest BCUT2D eigenvalue weighted by molar-refractivity contribution is 0.197. The van der Waals surface area contributed by atoms with Gasteiger partial charge in [-0.25, -0.2) is 0 Å². The molecular formula is C26H29BrN4S. The number of hydrogen-bond acceptors (Lipinski definition) is 2. The third-order valence-electron chi connectivity index (χ3n) is 6.99. The van der Waals surface area contributed by atoms with Crippen molar-refractivity contribution in [1.29, 1.82) is 0 Å². The Morgan fingerprint density at radius 2 is 1.78 bits per heavy atom. The number of pyridine rings is 1. The largest absolute Gasteiger partial charge is 0.352 e. The van der Waals surface area contributed by atoms with Crippen molar-refractivity contribution in [1.82, 2.24) is 19.8 Å². The first-order valence-electron chi connectivity index (χ1n) is 11.5. The number of nitrogens with one attached hydrogen (secondary N) is 1. The molecule has 0 spiro atoms. The number of thiocarbonyl (C=S) groups is 1. The quantitative estimate of drug-likeness (QED) is 0.404. The molecule has 2 aliphatic rings. The molecule has 1 aromatic carbocycles. The highest BCUT2D eigenvalue weighted by atomic mass is 79.9. The zero-order chi connectivity index (χ0) is 22.2. The van der Waals surface area contributed by atoms with Gasteiger partial charge in [-0.05, 0) is 90.7 Å². The normalized spacial score (nSPS) is 21.7. The molecule has 0 bridgehead atoms. The maximum atomic E-state index is 5.95. The van der Waals surface area contributed by atoms with Crippen LogP contribution in [0.3, 0.4) is 0 Å². The monoisotopic (exact) mass is 508 g/mol. The van der Waals surface area contributed by atoms with Crippen molar-refractivity contribution >= 4 is 33.3 Å². The van der Waals surface area contributed by atoms with Gasteiger partial charge in [0.25, 0.3) is 0 Å². The molecule has 1 saturated heterocycles. The van der Waals surface area contributed by atoms with Crippen molar-refractivity contribution in [3.05, 3.63) is 81.8 Å². The number of benzene rings is 1. The van der Waals surface area contributed by atoms with E-state index < -0.39 is 0 Å². The summed E-state index contributed by atoms with van der Waals surface area (Å²) in [6.07, 6.45) is 8.17. The average molecular weight is 510 g/mol. The molecule has 3 aromatic rings. The second kappa shape index (κ2) is 8.99. The van der Waals surface area contributed by atoms with Gasteiger partial charge in [-0.15, -0.1) is 0 Å². The zero-order valence-electron chi connectivity index (χ0n) is 18.6. The van der Waals surface area contributed by atoms with Gasteiger partial charge in [0.2, 0.25) is 0 Å². The van der Waals surface area contributed by atoms with E-state index in [0.717, 1.165) is 15.3 Å². The minimum absolute atomic E-state index is 0.0405. The van der Waals surface area contributed by atoms with E-state index in [2.05, 4.69) is 87.0 Å². The summed E-state index contributed by atoms with van der Waals surface area (Å²) in [5, 5.41) is 4.51. The van der Waals surface area contributed by atoms with Crippen LogP contribution in [0.15, 0.2) is 59.2 Å². The molecule has 5 rings (SSSR count). The maximum absolute atomic E-state index is 5.95. The lowest BCUT2D eigenvalue weighted by Crippen LogP contribution is -2.40. The fourth-order valence-electron chi connectivity index (χ4n) is 5.54. The van der Waals surface area contributed by atoms with Gasteiger partial charge in [0.15, 0.2) is 5.11 Å². The van der Waals surface area contributed by atoms with E-state index in [0.29, 0.717) is 6.04 Å². The zero-order valence-corrected chi connectivity index (χ0v) is 21.0. The lowest BCUT2D eigenvalue weighted by atomic mass is 9.90. The molecule has 0 unspecified atom stereocenters. The Balaban J connectivity index is 1.64. The summed E-state index contributed by atoms with van der Waals surface area (Å²) >= 11 is 9.70. The number of aryl methyl sites for hydroxylation is 1. The molecule has 1 aliphatic heterocycles. The van der Waals surface area contributed by atoms with Crippen molar-refractivity contribution < 1.29 is 0 Å². The van der Waals surface area contributed by atoms with Gasteiger partial charge in [-0.1, -0.05) is 37.5 Å². The van der Waals surface area contributed by atoms with Crippen molar-refractivity contribution in [2.24, 2.45) is 0 Å². The Bertz CT molecular complexity index is 1120. The fraction of sp³-hybridized carbons (Fsp3) is 0.385. The van der Waals surface area contributed by atoms with Crippen LogP contribution in [0.25, 0.3) is 5.69 Å². The van der Waals surface area contributed by atoms with E-state index >= 15 is 0 Å². The molecule has 1 saturated carbocycles. The molecule has 2 fully saturated rings. The second-order valence-corrected chi connectivity index (χ2v) is 10.2. The van der Waals surface area contributed by atoms with E-state index in [1.165, 1.54) is 54.7 Å². The molecule has 1 aliphatic carbocycles. The average Bonchev–Trinajstić information content (AvgIpc) is 3.31. The molecule has 0 amide bonds. The van der Waals surface area contributed by atoms with Gasteiger partial charge in [0.05, 0.1) is 23.5 Å². The summed E-state index contributed by atoms with van der Waals surface area (Å²) in [5.41, 5.74) is 6.02. The van der Waals surface area contributed by atoms with E-state index in [-0.39, 0.29) is 12.1 Å². The smallest absolute Gasteiger partial charge is 0.170 e. The summed E-state index contributed by atoms with van der Waals surface area (Å²) in [6, 6.07) is 17.6. The fourth-order valence-corrected chi connectivity index (χ4v) is 6.39. The second-order valence-electron chi connectivity index (χ2n) is 8.94. The summed E-state index contributed by atoms with van der Waals surface area (Å²) < 4.78 is 3.45. The molecule has 4 nitrogen and oxygen atoms in total. The SMILES string of the molecule is Cc1cc([C@@H]2[C@@H](c3ccccn3)NC(=S)N2C2CCCCC2)c(C)n1-c1ccccc1Br. The number of hydrogen-bond donors (Lipinski definition) is 1. The third kappa shape index (κ3) is 3.77. The van der Waals surface area contributed by atoms with Gasteiger partial charge in [0.1, 0.15) is 0 Å². The highest BCUT2D eigenvalue weighted by molar-refractivity contribution is 9.10.